The number of amides is 1. The Balaban J connectivity index is 1.80. The van der Waals surface area contributed by atoms with Gasteiger partial charge in [-0.1, -0.05) is 25.1 Å². The number of rotatable bonds is 4. The SMILES string of the molecule is CC[C@H]1OC[C@H](n2cc(F)c(NC(=O)c3ccccc3)nc2=O)O1. The number of hydrogen-bond donors (Lipinski definition) is 1. The zero-order chi connectivity index (χ0) is 17.1. The number of anilines is 1. The first-order valence-corrected chi connectivity index (χ1v) is 7.50. The smallest absolute Gasteiger partial charge is 0.348 e. The van der Waals surface area contributed by atoms with Crippen molar-refractivity contribution in [2.45, 2.75) is 25.9 Å². The fourth-order valence-corrected chi connectivity index (χ4v) is 2.31. The van der Waals surface area contributed by atoms with Crippen LogP contribution in [0.4, 0.5) is 10.2 Å². The van der Waals surface area contributed by atoms with E-state index in [1.807, 2.05) is 6.92 Å². The Bertz CT molecular complexity index is 794. The summed E-state index contributed by atoms with van der Waals surface area (Å²) in [7, 11) is 0. The van der Waals surface area contributed by atoms with Crippen LogP contribution in [-0.4, -0.2) is 28.4 Å². The molecular formula is C16H16FN3O4. The van der Waals surface area contributed by atoms with E-state index in [1.54, 1.807) is 30.3 Å². The van der Waals surface area contributed by atoms with E-state index in [-0.39, 0.29) is 6.61 Å². The number of nitrogens with zero attached hydrogens (tertiary/aromatic N) is 2. The summed E-state index contributed by atoms with van der Waals surface area (Å²) < 4.78 is 26.0. The molecule has 126 valence electrons. The van der Waals surface area contributed by atoms with Crippen molar-refractivity contribution in [3.63, 3.8) is 0 Å². The molecule has 1 aliphatic rings. The van der Waals surface area contributed by atoms with Gasteiger partial charge in [0.1, 0.15) is 0 Å². The minimum Gasteiger partial charge on any atom is -0.348 e. The summed E-state index contributed by atoms with van der Waals surface area (Å²) in [6.07, 6.45) is 0.416. The van der Waals surface area contributed by atoms with Crippen LogP contribution in [0.5, 0.6) is 0 Å². The highest BCUT2D eigenvalue weighted by atomic mass is 19.1. The molecule has 0 saturated carbocycles. The molecule has 0 bridgehead atoms. The average Bonchev–Trinajstić information content (AvgIpc) is 3.07. The monoisotopic (exact) mass is 333 g/mol. The first-order valence-electron chi connectivity index (χ1n) is 7.50. The molecule has 1 fully saturated rings. The lowest BCUT2D eigenvalue weighted by molar-refractivity contribution is -0.0732. The molecule has 0 spiro atoms. The second kappa shape index (κ2) is 6.90. The van der Waals surface area contributed by atoms with Crippen LogP contribution < -0.4 is 11.0 Å². The van der Waals surface area contributed by atoms with Crippen LogP contribution in [0, 0.1) is 5.82 Å². The number of aromatic nitrogens is 2. The van der Waals surface area contributed by atoms with Gasteiger partial charge in [-0.2, -0.15) is 4.98 Å². The highest BCUT2D eigenvalue weighted by Crippen LogP contribution is 2.22. The van der Waals surface area contributed by atoms with Crippen molar-refractivity contribution in [1.82, 2.24) is 9.55 Å². The summed E-state index contributed by atoms with van der Waals surface area (Å²) in [6.45, 7) is 2.01. The van der Waals surface area contributed by atoms with Gasteiger partial charge in [-0.15, -0.1) is 0 Å². The Hall–Kier alpha value is -2.58. The molecule has 24 heavy (non-hydrogen) atoms. The minimum atomic E-state index is -0.831. The molecule has 1 aromatic carbocycles. The predicted octanol–water partition coefficient (Wildman–Crippen LogP) is 1.92. The molecule has 1 amide bonds. The van der Waals surface area contributed by atoms with Crippen LogP contribution in [0.15, 0.2) is 41.3 Å². The molecule has 0 radical (unpaired) electrons. The van der Waals surface area contributed by atoms with Crippen LogP contribution in [0.1, 0.15) is 29.9 Å². The van der Waals surface area contributed by atoms with Crippen LogP contribution in [0.2, 0.25) is 0 Å². The number of carbonyl (C=O) groups is 1. The highest BCUT2D eigenvalue weighted by Gasteiger charge is 2.28. The van der Waals surface area contributed by atoms with Gasteiger partial charge in [0.05, 0.1) is 12.8 Å². The van der Waals surface area contributed by atoms with Gasteiger partial charge in [-0.05, 0) is 18.6 Å². The molecule has 0 aliphatic carbocycles. The quantitative estimate of drug-likeness (QED) is 0.924. The maximum absolute atomic E-state index is 14.2. The summed E-state index contributed by atoms with van der Waals surface area (Å²) in [4.78, 5) is 27.7. The molecule has 1 aliphatic heterocycles. The van der Waals surface area contributed by atoms with Gasteiger partial charge in [0.2, 0.25) is 0 Å². The summed E-state index contributed by atoms with van der Waals surface area (Å²) in [5.41, 5.74) is -0.397. The van der Waals surface area contributed by atoms with Crippen molar-refractivity contribution >= 4 is 11.7 Å². The molecule has 2 aromatic rings. The van der Waals surface area contributed by atoms with E-state index in [0.29, 0.717) is 12.0 Å². The third-order valence-corrected chi connectivity index (χ3v) is 3.55. The van der Waals surface area contributed by atoms with Gasteiger partial charge >= 0.3 is 5.69 Å². The van der Waals surface area contributed by atoms with Crippen LogP contribution in [0.25, 0.3) is 0 Å². The molecule has 8 heteroatoms. The van der Waals surface area contributed by atoms with Crippen molar-refractivity contribution in [2.24, 2.45) is 0 Å². The van der Waals surface area contributed by atoms with Crippen LogP contribution in [0.3, 0.4) is 0 Å². The molecule has 3 rings (SSSR count). The number of halogens is 1. The van der Waals surface area contributed by atoms with Gasteiger partial charge in [-0.25, -0.2) is 9.18 Å². The molecule has 7 nitrogen and oxygen atoms in total. The van der Waals surface area contributed by atoms with Gasteiger partial charge in [0.15, 0.2) is 24.2 Å². The first-order chi connectivity index (χ1) is 11.6. The highest BCUT2D eigenvalue weighted by molar-refractivity contribution is 6.03. The fraction of sp³-hybridized carbons (Fsp3) is 0.312. The Kier molecular flexibility index (Phi) is 4.68. The summed E-state index contributed by atoms with van der Waals surface area (Å²) in [5.74, 6) is -1.80. The first kappa shape index (κ1) is 16.3. The van der Waals surface area contributed by atoms with E-state index >= 15 is 0 Å². The third kappa shape index (κ3) is 3.34. The van der Waals surface area contributed by atoms with Crippen LogP contribution in [-0.2, 0) is 9.47 Å². The fourth-order valence-electron chi connectivity index (χ4n) is 2.31. The van der Waals surface area contributed by atoms with Gasteiger partial charge in [0, 0.05) is 5.56 Å². The Morgan fingerprint density at radius 1 is 1.42 bits per heavy atom. The minimum absolute atomic E-state index is 0.134. The van der Waals surface area contributed by atoms with E-state index in [2.05, 4.69) is 10.3 Å². The normalized spacial score (nSPS) is 20.1. The second-order valence-electron chi connectivity index (χ2n) is 5.21. The van der Waals surface area contributed by atoms with Crippen molar-refractivity contribution in [1.29, 1.82) is 0 Å². The van der Waals surface area contributed by atoms with E-state index in [1.165, 1.54) is 0 Å². The standard InChI is InChI=1S/C16H16FN3O4/c1-2-13-23-9-12(24-13)20-8-11(17)14(19-16(20)22)18-15(21)10-6-4-3-5-7-10/h3-8,12-13H,2,9H2,1H3,(H,18,19,21,22)/t12-,13+/m1/s1. The predicted molar refractivity (Wildman–Crippen MR) is 83.0 cm³/mol. The number of nitrogens with one attached hydrogen (secondary N) is 1. The maximum atomic E-state index is 14.2. The lowest BCUT2D eigenvalue weighted by Crippen LogP contribution is -2.30. The van der Waals surface area contributed by atoms with Crippen molar-refractivity contribution in [3.8, 4) is 0 Å². The number of carbonyl (C=O) groups excluding carboxylic acids is 1. The van der Waals surface area contributed by atoms with Crippen molar-refractivity contribution in [2.75, 3.05) is 11.9 Å². The Morgan fingerprint density at radius 3 is 2.83 bits per heavy atom. The summed E-state index contributed by atoms with van der Waals surface area (Å²) >= 11 is 0. The average molecular weight is 333 g/mol. The summed E-state index contributed by atoms with van der Waals surface area (Å²) in [5, 5.41) is 2.29. The van der Waals surface area contributed by atoms with Crippen molar-refractivity contribution in [3.05, 3.63) is 58.4 Å². The maximum Gasteiger partial charge on any atom is 0.351 e. The zero-order valence-corrected chi connectivity index (χ0v) is 12.9. The second-order valence-corrected chi connectivity index (χ2v) is 5.21. The Morgan fingerprint density at radius 2 is 2.17 bits per heavy atom. The van der Waals surface area contributed by atoms with E-state index in [0.717, 1.165) is 10.8 Å². The van der Waals surface area contributed by atoms with E-state index in [4.69, 9.17) is 9.47 Å². The number of ether oxygens (including phenoxy) is 2. The lowest BCUT2D eigenvalue weighted by atomic mass is 10.2. The molecule has 1 aromatic heterocycles. The number of hydrogen-bond acceptors (Lipinski definition) is 5. The largest absolute Gasteiger partial charge is 0.351 e. The van der Waals surface area contributed by atoms with Gasteiger partial charge in [-0.3, -0.25) is 9.36 Å². The van der Waals surface area contributed by atoms with E-state index < -0.39 is 35.7 Å². The van der Waals surface area contributed by atoms with Gasteiger partial charge in [0.25, 0.3) is 5.91 Å². The van der Waals surface area contributed by atoms with Gasteiger partial charge < -0.3 is 14.8 Å². The molecule has 2 atom stereocenters. The lowest BCUT2D eigenvalue weighted by Gasteiger charge is -2.13. The third-order valence-electron chi connectivity index (χ3n) is 3.55. The molecular weight excluding hydrogens is 317 g/mol. The Labute approximate surface area is 137 Å². The topological polar surface area (TPSA) is 82.5 Å². The molecule has 2 heterocycles. The zero-order valence-electron chi connectivity index (χ0n) is 12.9. The van der Waals surface area contributed by atoms with Crippen LogP contribution >= 0.6 is 0 Å². The van der Waals surface area contributed by atoms with Crippen molar-refractivity contribution < 1.29 is 18.7 Å². The summed E-state index contributed by atoms with van der Waals surface area (Å²) in [6, 6.07) is 8.26. The van der Waals surface area contributed by atoms with E-state index in [9.17, 15) is 14.0 Å². The molecule has 0 unspecified atom stereocenters. The molecule has 1 saturated heterocycles. The number of benzene rings is 1. The molecule has 1 N–H and O–H groups in total.